The fourth-order valence-electron chi connectivity index (χ4n) is 0.742. The highest BCUT2D eigenvalue weighted by molar-refractivity contribution is 5.11. The molecule has 0 bridgehead atoms. The van der Waals surface area contributed by atoms with Crippen molar-refractivity contribution >= 4 is 0 Å². The van der Waals surface area contributed by atoms with Crippen LogP contribution >= 0.6 is 0 Å². The molecule has 0 aromatic carbocycles. The van der Waals surface area contributed by atoms with Crippen molar-refractivity contribution < 1.29 is 0 Å². The smallest absolute Gasteiger partial charge is 0.0439 e. The summed E-state index contributed by atoms with van der Waals surface area (Å²) in [5, 5.41) is 3.20. The highest BCUT2D eigenvalue weighted by Gasteiger charge is 1.96. The van der Waals surface area contributed by atoms with Crippen LogP contribution in [0.1, 0.15) is 13.3 Å². The van der Waals surface area contributed by atoms with E-state index < -0.39 is 0 Å². The van der Waals surface area contributed by atoms with Gasteiger partial charge < -0.3 is 5.32 Å². The van der Waals surface area contributed by atoms with Crippen LogP contribution in [-0.2, 0) is 0 Å². The minimum absolute atomic E-state index is 0.569. The van der Waals surface area contributed by atoms with E-state index in [0.29, 0.717) is 6.04 Å². The van der Waals surface area contributed by atoms with Gasteiger partial charge in [0.15, 0.2) is 0 Å². The van der Waals surface area contributed by atoms with Gasteiger partial charge in [0.2, 0.25) is 0 Å². The first kappa shape index (κ1) is 5.42. The van der Waals surface area contributed by atoms with Crippen molar-refractivity contribution in [3.05, 3.63) is 24.4 Å². The molecule has 1 nitrogen and oxygen atoms in total. The fraction of sp³-hybridized carbons (Fsp3) is 0.429. The normalized spacial score (nSPS) is 25.4. The largest absolute Gasteiger partial charge is 0.385 e. The van der Waals surface area contributed by atoms with E-state index in [1.807, 2.05) is 12.3 Å². The molecule has 1 unspecified atom stereocenters. The maximum absolute atomic E-state index is 3.20. The van der Waals surface area contributed by atoms with Gasteiger partial charge in [-0.3, -0.25) is 0 Å². The highest BCUT2D eigenvalue weighted by Crippen LogP contribution is 1.96. The summed E-state index contributed by atoms with van der Waals surface area (Å²) in [6.07, 6.45) is 9.39. The van der Waals surface area contributed by atoms with Gasteiger partial charge in [-0.25, -0.2) is 0 Å². The Balaban J connectivity index is 2.40. The Morgan fingerprint density at radius 1 is 1.50 bits per heavy atom. The second-order valence-corrected chi connectivity index (χ2v) is 1.93. The molecule has 1 atom stereocenters. The molecule has 0 aromatic rings. The molecule has 8 heavy (non-hydrogen) atoms. The van der Waals surface area contributed by atoms with Gasteiger partial charge in [-0.2, -0.15) is 0 Å². The number of nitrogens with one attached hydrogen (secondary N) is 1. The van der Waals surface area contributed by atoms with Crippen LogP contribution in [0.25, 0.3) is 0 Å². The number of rotatable bonds is 1. The molecule has 0 amide bonds. The number of hydrogen-bond acceptors (Lipinski definition) is 1. The van der Waals surface area contributed by atoms with Gasteiger partial charge in [-0.1, -0.05) is 19.1 Å². The molecule has 1 heteroatoms. The van der Waals surface area contributed by atoms with E-state index in [1.165, 1.54) is 6.42 Å². The number of allylic oxidation sites excluding steroid dienone is 2. The predicted molar refractivity (Wildman–Crippen MR) is 35.5 cm³/mol. The molecule has 44 valence electrons. The van der Waals surface area contributed by atoms with Crippen molar-refractivity contribution in [2.75, 3.05) is 0 Å². The standard InChI is InChI=1S/C7H11N/c1-2-7-5-3-4-6-8-7/h3-8H,2H2,1H3. The Kier molecular flexibility index (Phi) is 1.73. The van der Waals surface area contributed by atoms with E-state index in [-0.39, 0.29) is 0 Å². The highest BCUT2D eigenvalue weighted by atomic mass is 14.9. The van der Waals surface area contributed by atoms with Crippen LogP contribution in [-0.4, -0.2) is 6.04 Å². The van der Waals surface area contributed by atoms with Crippen LogP contribution in [0.5, 0.6) is 0 Å². The van der Waals surface area contributed by atoms with Gasteiger partial charge in [0.1, 0.15) is 0 Å². The lowest BCUT2D eigenvalue weighted by atomic mass is 10.2. The van der Waals surface area contributed by atoms with Crippen molar-refractivity contribution in [1.82, 2.24) is 5.32 Å². The summed E-state index contributed by atoms with van der Waals surface area (Å²) >= 11 is 0. The molecule has 0 saturated carbocycles. The zero-order valence-electron chi connectivity index (χ0n) is 5.09. The van der Waals surface area contributed by atoms with Crippen LogP contribution in [0.3, 0.4) is 0 Å². The Bertz CT molecular complexity index is 114. The summed E-state index contributed by atoms with van der Waals surface area (Å²) in [5.41, 5.74) is 0. The Morgan fingerprint density at radius 2 is 2.38 bits per heavy atom. The summed E-state index contributed by atoms with van der Waals surface area (Å²) in [4.78, 5) is 0. The average molecular weight is 109 g/mol. The van der Waals surface area contributed by atoms with Crippen LogP contribution in [0, 0.1) is 0 Å². The quantitative estimate of drug-likeness (QED) is 0.537. The summed E-state index contributed by atoms with van der Waals surface area (Å²) < 4.78 is 0. The Morgan fingerprint density at radius 3 is 2.75 bits per heavy atom. The Labute approximate surface area is 50.1 Å². The maximum Gasteiger partial charge on any atom is 0.0439 e. The van der Waals surface area contributed by atoms with E-state index in [4.69, 9.17) is 0 Å². The third kappa shape index (κ3) is 1.12. The lowest BCUT2D eigenvalue weighted by Crippen LogP contribution is -2.21. The fourth-order valence-corrected chi connectivity index (χ4v) is 0.742. The summed E-state index contributed by atoms with van der Waals surface area (Å²) in [7, 11) is 0. The molecule has 0 radical (unpaired) electrons. The molecule has 1 rings (SSSR count). The van der Waals surface area contributed by atoms with Crippen LogP contribution in [0.15, 0.2) is 24.4 Å². The minimum atomic E-state index is 0.569. The third-order valence-electron chi connectivity index (χ3n) is 1.30. The van der Waals surface area contributed by atoms with E-state index in [9.17, 15) is 0 Å². The molecule has 0 aliphatic carbocycles. The van der Waals surface area contributed by atoms with Gasteiger partial charge in [0.05, 0.1) is 0 Å². The zero-order valence-corrected chi connectivity index (χ0v) is 5.09. The Hall–Kier alpha value is -0.720. The van der Waals surface area contributed by atoms with Gasteiger partial charge in [0, 0.05) is 6.04 Å². The van der Waals surface area contributed by atoms with Gasteiger partial charge in [0.25, 0.3) is 0 Å². The first-order valence-corrected chi connectivity index (χ1v) is 3.03. The van der Waals surface area contributed by atoms with Crippen molar-refractivity contribution in [2.45, 2.75) is 19.4 Å². The second kappa shape index (κ2) is 2.55. The lowest BCUT2D eigenvalue weighted by Gasteiger charge is -2.11. The molecule has 0 saturated heterocycles. The summed E-state index contributed by atoms with van der Waals surface area (Å²) in [5.74, 6) is 0. The first-order chi connectivity index (χ1) is 3.93. The van der Waals surface area contributed by atoms with Crippen LogP contribution < -0.4 is 5.32 Å². The number of dihydropyridines is 1. The van der Waals surface area contributed by atoms with Crippen LogP contribution in [0.2, 0.25) is 0 Å². The average Bonchev–Trinajstić information content (AvgIpc) is 1.90. The van der Waals surface area contributed by atoms with E-state index in [0.717, 1.165) is 0 Å². The van der Waals surface area contributed by atoms with Crippen molar-refractivity contribution in [2.24, 2.45) is 0 Å². The van der Waals surface area contributed by atoms with Crippen LogP contribution in [0.4, 0.5) is 0 Å². The molecular weight excluding hydrogens is 98.1 g/mol. The molecule has 1 heterocycles. The molecule has 0 aromatic heterocycles. The molecule has 1 N–H and O–H groups in total. The monoisotopic (exact) mass is 109 g/mol. The van der Waals surface area contributed by atoms with Gasteiger partial charge in [-0.05, 0) is 18.7 Å². The predicted octanol–water partition coefficient (Wildman–Crippen LogP) is 1.44. The topological polar surface area (TPSA) is 12.0 Å². The number of hydrogen-bond donors (Lipinski definition) is 1. The van der Waals surface area contributed by atoms with Crippen molar-refractivity contribution in [1.29, 1.82) is 0 Å². The SMILES string of the molecule is CCC1C=CC=CN1. The second-order valence-electron chi connectivity index (χ2n) is 1.93. The lowest BCUT2D eigenvalue weighted by molar-refractivity contribution is 0.670. The minimum Gasteiger partial charge on any atom is -0.385 e. The maximum atomic E-state index is 3.20. The van der Waals surface area contributed by atoms with Crippen molar-refractivity contribution in [3.63, 3.8) is 0 Å². The molecular formula is C7H11N. The molecule has 0 spiro atoms. The zero-order chi connectivity index (χ0) is 5.82. The van der Waals surface area contributed by atoms with E-state index >= 15 is 0 Å². The van der Waals surface area contributed by atoms with E-state index in [2.05, 4.69) is 24.4 Å². The summed E-state index contributed by atoms with van der Waals surface area (Å²) in [6, 6.07) is 0.569. The van der Waals surface area contributed by atoms with Gasteiger partial charge in [-0.15, -0.1) is 0 Å². The molecule has 1 aliphatic rings. The molecule has 0 fully saturated rings. The van der Waals surface area contributed by atoms with Gasteiger partial charge >= 0.3 is 0 Å². The molecule has 1 aliphatic heterocycles. The first-order valence-electron chi connectivity index (χ1n) is 3.03. The summed E-state index contributed by atoms with van der Waals surface area (Å²) in [6.45, 7) is 2.17. The van der Waals surface area contributed by atoms with E-state index in [1.54, 1.807) is 0 Å². The van der Waals surface area contributed by atoms with Crippen molar-refractivity contribution in [3.8, 4) is 0 Å². The third-order valence-corrected chi connectivity index (χ3v) is 1.30.